The molecule has 170 valence electrons. The number of nitrogens with one attached hydrogen (secondary N) is 1. The van der Waals surface area contributed by atoms with E-state index in [0.29, 0.717) is 52.4 Å². The molecule has 0 aliphatic rings. The molecule has 0 unspecified atom stereocenters. The normalized spacial score (nSPS) is 11.3. The quantitative estimate of drug-likeness (QED) is 0.268. The molecular weight excluding hydrogens is 433 g/mol. The second-order valence-corrected chi connectivity index (χ2v) is 7.36. The Morgan fingerprint density at radius 3 is 2.50 bits per heavy atom. The Morgan fingerprint density at radius 2 is 1.79 bits per heavy atom. The molecule has 0 aliphatic heterocycles. The minimum Gasteiger partial charge on any atom is -0.493 e. The van der Waals surface area contributed by atoms with Gasteiger partial charge in [-0.15, -0.1) is 0 Å². The largest absolute Gasteiger partial charge is 0.493 e. The van der Waals surface area contributed by atoms with Gasteiger partial charge in [-0.05, 0) is 44.2 Å². The summed E-state index contributed by atoms with van der Waals surface area (Å²) < 4.78 is 25.1. The maximum atomic E-state index is 13.6. The van der Waals surface area contributed by atoms with Crippen LogP contribution in [0.4, 0.5) is 4.39 Å². The van der Waals surface area contributed by atoms with Gasteiger partial charge >= 0.3 is 0 Å². The Hall–Kier alpha value is -4.44. The van der Waals surface area contributed by atoms with E-state index in [4.69, 9.17) is 9.47 Å². The third kappa shape index (κ3) is 4.66. The number of halogens is 1. The maximum Gasteiger partial charge on any atom is 0.196 e. The Morgan fingerprint density at radius 1 is 1.06 bits per heavy atom. The number of H-pyrrole nitrogens is 1. The van der Waals surface area contributed by atoms with Crippen LogP contribution in [0.2, 0.25) is 0 Å². The van der Waals surface area contributed by atoms with Crippen LogP contribution >= 0.6 is 0 Å². The number of ether oxygens (including phenoxy) is 2. The lowest BCUT2D eigenvalue weighted by atomic mass is 9.98. The van der Waals surface area contributed by atoms with E-state index in [0.717, 1.165) is 0 Å². The van der Waals surface area contributed by atoms with Crippen molar-refractivity contribution in [1.82, 2.24) is 9.97 Å². The number of aromatic amines is 1. The van der Waals surface area contributed by atoms with Gasteiger partial charge in [0.1, 0.15) is 29.2 Å². The van der Waals surface area contributed by atoms with Crippen LogP contribution in [0.15, 0.2) is 60.7 Å². The smallest absolute Gasteiger partial charge is 0.196 e. The summed E-state index contributed by atoms with van der Waals surface area (Å²) >= 11 is 0. The van der Waals surface area contributed by atoms with Crippen molar-refractivity contribution in [1.29, 1.82) is 5.26 Å². The van der Waals surface area contributed by atoms with Crippen LogP contribution in [-0.2, 0) is 0 Å². The van der Waals surface area contributed by atoms with E-state index in [2.05, 4.69) is 16.0 Å². The molecule has 34 heavy (non-hydrogen) atoms. The highest BCUT2D eigenvalue weighted by molar-refractivity contribution is 6.11. The molecule has 0 radical (unpaired) electrons. The topological polar surface area (TPSA) is 88.0 Å². The van der Waals surface area contributed by atoms with Gasteiger partial charge in [0, 0.05) is 17.2 Å². The van der Waals surface area contributed by atoms with E-state index in [-0.39, 0.29) is 17.2 Å². The number of fused-ring (bicyclic) bond motifs is 1. The van der Waals surface area contributed by atoms with Crippen molar-refractivity contribution in [3.63, 3.8) is 0 Å². The Kier molecular flexibility index (Phi) is 6.69. The average molecular weight is 455 g/mol. The minimum absolute atomic E-state index is 0.208. The lowest BCUT2D eigenvalue weighted by Crippen LogP contribution is -2.07. The molecule has 1 heterocycles. The average Bonchev–Trinajstić information content (AvgIpc) is 3.27. The number of ketones is 1. The summed E-state index contributed by atoms with van der Waals surface area (Å²) in [6.07, 6.45) is 1.59. The van der Waals surface area contributed by atoms with Gasteiger partial charge in [-0.1, -0.05) is 30.3 Å². The van der Waals surface area contributed by atoms with E-state index < -0.39 is 5.82 Å². The number of benzene rings is 3. The van der Waals surface area contributed by atoms with Gasteiger partial charge in [0.2, 0.25) is 0 Å². The van der Waals surface area contributed by atoms with E-state index in [1.54, 1.807) is 48.5 Å². The summed E-state index contributed by atoms with van der Waals surface area (Å²) in [6, 6.07) is 18.5. The molecule has 7 heteroatoms. The van der Waals surface area contributed by atoms with Gasteiger partial charge in [0.25, 0.3) is 0 Å². The fraction of sp³-hybridized carbons (Fsp3) is 0.148. The van der Waals surface area contributed by atoms with E-state index in [9.17, 15) is 14.4 Å². The van der Waals surface area contributed by atoms with Crippen LogP contribution in [0.25, 0.3) is 22.7 Å². The molecule has 4 rings (SSSR count). The molecule has 4 aromatic rings. The molecule has 1 aromatic heterocycles. The van der Waals surface area contributed by atoms with Crippen LogP contribution in [-0.4, -0.2) is 29.0 Å². The predicted octanol–water partition coefficient (Wildman–Crippen LogP) is 5.79. The molecular formula is C27H22FN3O3. The van der Waals surface area contributed by atoms with Crippen molar-refractivity contribution in [3.05, 3.63) is 89.0 Å². The van der Waals surface area contributed by atoms with Crippen molar-refractivity contribution in [2.45, 2.75) is 13.8 Å². The first kappa shape index (κ1) is 22.7. The molecule has 0 saturated heterocycles. The third-order valence-electron chi connectivity index (χ3n) is 5.11. The number of nitriles is 1. The summed E-state index contributed by atoms with van der Waals surface area (Å²) in [5, 5.41) is 9.85. The van der Waals surface area contributed by atoms with Crippen LogP contribution in [0.3, 0.4) is 0 Å². The third-order valence-corrected chi connectivity index (χ3v) is 5.11. The van der Waals surface area contributed by atoms with Gasteiger partial charge in [-0.2, -0.15) is 5.26 Å². The number of imidazole rings is 1. The molecule has 0 aliphatic carbocycles. The lowest BCUT2D eigenvalue weighted by molar-refractivity contribution is 0.103. The number of aromatic nitrogens is 2. The Labute approximate surface area is 196 Å². The lowest BCUT2D eigenvalue weighted by Gasteiger charge is -2.15. The highest BCUT2D eigenvalue weighted by atomic mass is 19.1. The van der Waals surface area contributed by atoms with Crippen molar-refractivity contribution in [3.8, 4) is 17.6 Å². The fourth-order valence-corrected chi connectivity index (χ4v) is 3.59. The van der Waals surface area contributed by atoms with E-state index >= 15 is 0 Å². The molecule has 6 nitrogen and oxygen atoms in total. The number of hydrogen-bond donors (Lipinski definition) is 1. The first-order valence-corrected chi connectivity index (χ1v) is 10.8. The molecule has 0 fully saturated rings. The molecule has 3 aromatic carbocycles. The molecule has 0 amide bonds. The fourth-order valence-electron chi connectivity index (χ4n) is 3.59. The number of carbonyl (C=O) groups is 1. The number of carbonyl (C=O) groups excluding carboxylic acids is 1. The van der Waals surface area contributed by atoms with Gasteiger partial charge in [0.05, 0.1) is 35.4 Å². The molecule has 0 saturated carbocycles. The summed E-state index contributed by atoms with van der Waals surface area (Å²) in [5.41, 5.74) is 2.61. The van der Waals surface area contributed by atoms with Crippen molar-refractivity contribution < 1.29 is 18.7 Å². The SMILES string of the molecule is CCOc1cc(OCC)c(C(=O)c2ccccc2)cc1/C=C(/C#N)c1nc2ccc(F)cc2[nH]1. The standard InChI is InChI=1S/C27H22FN3O3/c1-3-33-24-15-25(34-4-2)21(26(32)17-8-6-5-7-9-17)13-18(24)12-19(16-29)27-30-22-11-10-20(28)14-23(22)31-27/h5-15H,3-4H2,1-2H3,(H,30,31)/b19-12-. The number of allylic oxidation sites excluding steroid dienone is 1. The highest BCUT2D eigenvalue weighted by Gasteiger charge is 2.19. The zero-order valence-electron chi connectivity index (χ0n) is 18.8. The van der Waals surface area contributed by atoms with E-state index in [1.165, 1.54) is 12.1 Å². The second kappa shape index (κ2) is 10.0. The minimum atomic E-state index is -0.403. The number of hydrogen-bond acceptors (Lipinski definition) is 5. The molecule has 0 bridgehead atoms. The highest BCUT2D eigenvalue weighted by Crippen LogP contribution is 2.34. The van der Waals surface area contributed by atoms with Crippen LogP contribution < -0.4 is 9.47 Å². The van der Waals surface area contributed by atoms with Crippen LogP contribution in [0, 0.1) is 17.1 Å². The summed E-state index contributed by atoms with van der Waals surface area (Å²) in [7, 11) is 0. The zero-order valence-corrected chi connectivity index (χ0v) is 18.8. The number of rotatable bonds is 8. The second-order valence-electron chi connectivity index (χ2n) is 7.36. The Bertz CT molecular complexity index is 1420. The number of nitrogens with zero attached hydrogens (tertiary/aromatic N) is 2. The van der Waals surface area contributed by atoms with Crippen molar-refractivity contribution in [2.24, 2.45) is 0 Å². The van der Waals surface area contributed by atoms with Gasteiger partial charge in [-0.25, -0.2) is 9.37 Å². The zero-order chi connectivity index (χ0) is 24.1. The summed E-state index contributed by atoms with van der Waals surface area (Å²) in [6.45, 7) is 4.43. The monoisotopic (exact) mass is 455 g/mol. The maximum absolute atomic E-state index is 13.6. The van der Waals surface area contributed by atoms with Crippen LogP contribution in [0.1, 0.15) is 41.2 Å². The van der Waals surface area contributed by atoms with Crippen molar-refractivity contribution in [2.75, 3.05) is 13.2 Å². The van der Waals surface area contributed by atoms with E-state index in [1.807, 2.05) is 19.9 Å². The van der Waals surface area contributed by atoms with Crippen molar-refractivity contribution >= 4 is 28.5 Å². The molecule has 1 N–H and O–H groups in total. The summed E-state index contributed by atoms with van der Waals surface area (Å²) in [5.74, 6) is 0.536. The van der Waals surface area contributed by atoms with Gasteiger partial charge < -0.3 is 14.5 Å². The van der Waals surface area contributed by atoms with Gasteiger partial charge in [-0.3, -0.25) is 4.79 Å². The van der Waals surface area contributed by atoms with Crippen LogP contribution in [0.5, 0.6) is 11.5 Å². The first-order valence-electron chi connectivity index (χ1n) is 10.8. The first-order chi connectivity index (χ1) is 16.5. The molecule has 0 atom stereocenters. The molecule has 0 spiro atoms. The summed E-state index contributed by atoms with van der Waals surface area (Å²) in [4.78, 5) is 20.7. The van der Waals surface area contributed by atoms with Gasteiger partial charge in [0.15, 0.2) is 5.78 Å². The Balaban J connectivity index is 1.86. The predicted molar refractivity (Wildman–Crippen MR) is 128 cm³/mol.